The van der Waals surface area contributed by atoms with Gasteiger partial charge in [0, 0.05) is 43.4 Å². The molecule has 4 nitrogen and oxygen atoms in total. The number of halogens is 3. The number of nitrogens with zero attached hydrogens (tertiary/aromatic N) is 3. The van der Waals surface area contributed by atoms with Crippen molar-refractivity contribution in [2.45, 2.75) is 0 Å². The molecule has 1 fully saturated rings. The van der Waals surface area contributed by atoms with Crippen molar-refractivity contribution in [1.82, 2.24) is 9.88 Å². The summed E-state index contributed by atoms with van der Waals surface area (Å²) in [6, 6.07) is 9.45. The largest absolute Gasteiger partial charge is 0.489 e. The van der Waals surface area contributed by atoms with Crippen molar-refractivity contribution in [2.24, 2.45) is 0 Å². The average molecular weight is 431 g/mol. The minimum Gasteiger partial charge on any atom is -0.489 e. The van der Waals surface area contributed by atoms with Crippen molar-refractivity contribution in [3.8, 4) is 5.75 Å². The molecule has 0 N–H and O–H groups in total. The Labute approximate surface area is 160 Å². The van der Waals surface area contributed by atoms with E-state index in [4.69, 9.17) is 27.9 Å². The smallest absolute Gasteiger partial charge is 0.156 e. The molecule has 0 aliphatic carbocycles. The van der Waals surface area contributed by atoms with Crippen LogP contribution < -0.4 is 9.64 Å². The zero-order chi connectivity index (χ0) is 16.9. The summed E-state index contributed by atoms with van der Waals surface area (Å²) in [6.07, 6.45) is 1.84. The first kappa shape index (κ1) is 17.8. The summed E-state index contributed by atoms with van der Waals surface area (Å²) in [6.45, 7) is 5.31. The van der Waals surface area contributed by atoms with Crippen LogP contribution in [0, 0.1) is 0 Å². The van der Waals surface area contributed by atoms with Gasteiger partial charge in [-0.1, -0.05) is 29.3 Å². The Morgan fingerprint density at radius 2 is 1.75 bits per heavy atom. The molecule has 0 saturated carbocycles. The van der Waals surface area contributed by atoms with Crippen LogP contribution in [-0.2, 0) is 0 Å². The van der Waals surface area contributed by atoms with E-state index in [-0.39, 0.29) is 0 Å². The van der Waals surface area contributed by atoms with E-state index in [1.54, 1.807) is 12.1 Å². The molecule has 0 bridgehead atoms. The number of pyridine rings is 1. The minimum absolute atomic E-state index is 0.550. The fraction of sp³-hybridized carbons (Fsp3) is 0.353. The minimum atomic E-state index is 0.550. The van der Waals surface area contributed by atoms with Crippen molar-refractivity contribution in [1.29, 1.82) is 0 Å². The summed E-state index contributed by atoms with van der Waals surface area (Å²) in [4.78, 5) is 9.13. The number of rotatable bonds is 5. The van der Waals surface area contributed by atoms with E-state index in [1.807, 2.05) is 24.4 Å². The summed E-state index contributed by atoms with van der Waals surface area (Å²) in [5.74, 6) is 1.59. The first-order valence-electron chi connectivity index (χ1n) is 7.79. The maximum atomic E-state index is 6.11. The molecule has 7 heteroatoms. The van der Waals surface area contributed by atoms with Gasteiger partial charge < -0.3 is 9.64 Å². The molecule has 3 rings (SSSR count). The Morgan fingerprint density at radius 1 is 1.04 bits per heavy atom. The van der Waals surface area contributed by atoms with E-state index in [2.05, 4.69) is 30.7 Å². The molecule has 0 amide bonds. The van der Waals surface area contributed by atoms with E-state index in [0.29, 0.717) is 22.4 Å². The molecule has 1 aliphatic heterocycles. The monoisotopic (exact) mass is 429 g/mol. The summed E-state index contributed by atoms with van der Waals surface area (Å²) in [7, 11) is 0. The van der Waals surface area contributed by atoms with Crippen molar-refractivity contribution < 1.29 is 4.74 Å². The lowest BCUT2D eigenvalue weighted by Crippen LogP contribution is -2.47. The van der Waals surface area contributed by atoms with Gasteiger partial charge in [0.15, 0.2) is 5.75 Å². The normalized spacial score (nSPS) is 15.5. The molecule has 1 aliphatic rings. The van der Waals surface area contributed by atoms with Crippen LogP contribution in [0.15, 0.2) is 41.0 Å². The molecule has 1 aromatic heterocycles. The van der Waals surface area contributed by atoms with E-state index in [9.17, 15) is 0 Å². The standard InChI is InChI=1S/C17H18BrCl2N3O/c18-13-4-5-16(21-12-13)23-8-6-22(7-9-23)10-11-24-17-14(19)2-1-3-15(17)20/h1-5,12H,6-11H2. The number of hydrogen-bond donors (Lipinski definition) is 0. The lowest BCUT2D eigenvalue weighted by Gasteiger charge is -2.35. The highest BCUT2D eigenvalue weighted by Crippen LogP contribution is 2.32. The molecule has 1 aromatic carbocycles. The molecule has 0 atom stereocenters. The molecule has 2 aromatic rings. The molecular weight excluding hydrogens is 413 g/mol. The number of piperazine rings is 1. The third-order valence-electron chi connectivity index (χ3n) is 3.98. The molecule has 0 unspecified atom stereocenters. The lowest BCUT2D eigenvalue weighted by molar-refractivity contribution is 0.200. The highest BCUT2D eigenvalue weighted by Gasteiger charge is 2.18. The predicted molar refractivity (Wildman–Crippen MR) is 103 cm³/mol. The number of anilines is 1. The Morgan fingerprint density at radius 3 is 2.38 bits per heavy atom. The summed E-state index contributed by atoms with van der Waals surface area (Å²) >= 11 is 15.6. The van der Waals surface area contributed by atoms with Gasteiger partial charge in [-0.05, 0) is 40.2 Å². The molecule has 0 spiro atoms. The van der Waals surface area contributed by atoms with E-state index < -0.39 is 0 Å². The van der Waals surface area contributed by atoms with Crippen LogP contribution in [0.5, 0.6) is 5.75 Å². The number of hydrogen-bond acceptors (Lipinski definition) is 4. The van der Waals surface area contributed by atoms with Gasteiger partial charge >= 0.3 is 0 Å². The second kappa shape index (κ2) is 8.39. The summed E-state index contributed by atoms with van der Waals surface area (Å²) < 4.78 is 6.76. The highest BCUT2D eigenvalue weighted by atomic mass is 79.9. The van der Waals surface area contributed by atoms with Crippen molar-refractivity contribution in [2.75, 3.05) is 44.2 Å². The van der Waals surface area contributed by atoms with Crippen LogP contribution in [0.25, 0.3) is 0 Å². The average Bonchev–Trinajstić information content (AvgIpc) is 2.59. The van der Waals surface area contributed by atoms with Crippen LogP contribution in [0.2, 0.25) is 10.0 Å². The van der Waals surface area contributed by atoms with Gasteiger partial charge in [0.2, 0.25) is 0 Å². The second-order valence-corrected chi connectivity index (χ2v) is 7.29. The first-order chi connectivity index (χ1) is 11.6. The van der Waals surface area contributed by atoms with Crippen LogP contribution in [-0.4, -0.2) is 49.2 Å². The fourth-order valence-electron chi connectivity index (χ4n) is 2.65. The van der Waals surface area contributed by atoms with Gasteiger partial charge in [0.05, 0.1) is 10.0 Å². The maximum Gasteiger partial charge on any atom is 0.156 e. The third-order valence-corrected chi connectivity index (χ3v) is 5.05. The molecule has 0 radical (unpaired) electrons. The Bertz CT molecular complexity index is 656. The Hall–Kier alpha value is -1.01. The topological polar surface area (TPSA) is 28.6 Å². The quantitative estimate of drug-likeness (QED) is 0.704. The van der Waals surface area contributed by atoms with Crippen LogP contribution >= 0.6 is 39.1 Å². The van der Waals surface area contributed by atoms with Crippen LogP contribution in [0.4, 0.5) is 5.82 Å². The molecular formula is C17H18BrCl2N3O. The Balaban J connectivity index is 1.45. The van der Waals surface area contributed by atoms with Crippen LogP contribution in [0.1, 0.15) is 0 Å². The highest BCUT2D eigenvalue weighted by molar-refractivity contribution is 9.10. The van der Waals surface area contributed by atoms with Crippen molar-refractivity contribution in [3.63, 3.8) is 0 Å². The number of ether oxygens (including phenoxy) is 1. The van der Waals surface area contributed by atoms with Crippen molar-refractivity contribution in [3.05, 3.63) is 51.0 Å². The van der Waals surface area contributed by atoms with Crippen LogP contribution in [0.3, 0.4) is 0 Å². The lowest BCUT2D eigenvalue weighted by atomic mass is 10.3. The zero-order valence-corrected chi connectivity index (χ0v) is 16.2. The number of para-hydroxylation sites is 1. The maximum absolute atomic E-state index is 6.11. The second-order valence-electron chi connectivity index (χ2n) is 5.56. The van der Waals surface area contributed by atoms with E-state index in [1.165, 1.54) is 0 Å². The molecule has 1 saturated heterocycles. The predicted octanol–water partition coefficient (Wildman–Crippen LogP) is 4.35. The zero-order valence-electron chi connectivity index (χ0n) is 13.1. The van der Waals surface area contributed by atoms with Gasteiger partial charge in [-0.3, -0.25) is 4.90 Å². The van der Waals surface area contributed by atoms with E-state index >= 15 is 0 Å². The van der Waals surface area contributed by atoms with Gasteiger partial charge in [-0.2, -0.15) is 0 Å². The van der Waals surface area contributed by atoms with Gasteiger partial charge in [-0.25, -0.2) is 4.98 Å². The van der Waals surface area contributed by atoms with Gasteiger partial charge in [-0.15, -0.1) is 0 Å². The van der Waals surface area contributed by atoms with Gasteiger partial charge in [0.1, 0.15) is 12.4 Å². The summed E-state index contributed by atoms with van der Waals surface area (Å²) in [5, 5.41) is 1.10. The number of aromatic nitrogens is 1. The first-order valence-corrected chi connectivity index (χ1v) is 9.34. The molecule has 2 heterocycles. The van der Waals surface area contributed by atoms with Crippen molar-refractivity contribution >= 4 is 44.9 Å². The summed E-state index contributed by atoms with van der Waals surface area (Å²) in [5.41, 5.74) is 0. The molecule has 128 valence electrons. The van der Waals surface area contributed by atoms with Gasteiger partial charge in [0.25, 0.3) is 0 Å². The SMILES string of the molecule is Clc1cccc(Cl)c1OCCN1CCN(c2ccc(Br)cn2)CC1. The third kappa shape index (κ3) is 4.54. The number of benzene rings is 1. The molecule has 24 heavy (non-hydrogen) atoms. The fourth-order valence-corrected chi connectivity index (χ4v) is 3.39. The van der Waals surface area contributed by atoms with E-state index in [0.717, 1.165) is 43.0 Å². The Kier molecular flexibility index (Phi) is 6.22.